The van der Waals surface area contributed by atoms with Gasteiger partial charge in [0.15, 0.2) is 0 Å². The van der Waals surface area contributed by atoms with Crippen LogP contribution in [0.4, 0.5) is 0 Å². The van der Waals surface area contributed by atoms with Crippen LogP contribution in [0.25, 0.3) is 5.76 Å². The molecule has 0 spiro atoms. The van der Waals surface area contributed by atoms with Crippen molar-refractivity contribution in [1.29, 1.82) is 0 Å². The van der Waals surface area contributed by atoms with Crippen LogP contribution in [0.15, 0.2) is 42.0 Å². The van der Waals surface area contributed by atoms with Gasteiger partial charge in [0.05, 0.1) is 35.9 Å². The van der Waals surface area contributed by atoms with Crippen molar-refractivity contribution in [2.75, 3.05) is 40.9 Å². The molecule has 1 atom stereocenters. The first kappa shape index (κ1) is 27.8. The molecule has 36 heavy (non-hydrogen) atoms. The van der Waals surface area contributed by atoms with E-state index >= 15 is 0 Å². The minimum Gasteiger partial charge on any atom is -0.507 e. The summed E-state index contributed by atoms with van der Waals surface area (Å²) >= 11 is 12.5. The summed E-state index contributed by atoms with van der Waals surface area (Å²) in [5, 5.41) is 11.8. The molecule has 2 aromatic rings. The van der Waals surface area contributed by atoms with E-state index in [0.29, 0.717) is 36.8 Å². The van der Waals surface area contributed by atoms with Crippen LogP contribution >= 0.6 is 23.2 Å². The highest BCUT2D eigenvalue weighted by Gasteiger charge is 2.46. The second-order valence-corrected chi connectivity index (χ2v) is 10.2. The van der Waals surface area contributed by atoms with Gasteiger partial charge in [0.25, 0.3) is 11.7 Å². The highest BCUT2D eigenvalue weighted by Crippen LogP contribution is 2.43. The lowest BCUT2D eigenvalue weighted by atomic mass is 9.94. The average Bonchev–Trinajstić information content (AvgIpc) is 3.07. The van der Waals surface area contributed by atoms with Crippen LogP contribution in [0.3, 0.4) is 0 Å². The Labute approximate surface area is 222 Å². The lowest BCUT2D eigenvalue weighted by molar-refractivity contribution is -0.139. The molecule has 1 amide bonds. The van der Waals surface area contributed by atoms with E-state index in [1.807, 2.05) is 51.0 Å². The Morgan fingerprint density at radius 3 is 2.53 bits per heavy atom. The zero-order chi connectivity index (χ0) is 26.6. The number of hydrogen-bond donors (Lipinski definition) is 1. The first-order chi connectivity index (χ1) is 17.0. The van der Waals surface area contributed by atoms with Crippen LogP contribution < -0.4 is 9.47 Å². The number of halogens is 2. The third-order valence-electron chi connectivity index (χ3n) is 5.77. The molecule has 9 heteroatoms. The molecule has 1 aliphatic heterocycles. The highest BCUT2D eigenvalue weighted by molar-refractivity contribution is 6.46. The predicted octanol–water partition coefficient (Wildman–Crippen LogP) is 5.41. The highest BCUT2D eigenvalue weighted by atomic mass is 35.5. The van der Waals surface area contributed by atoms with Crippen LogP contribution in [0, 0.1) is 5.92 Å². The van der Waals surface area contributed by atoms with Gasteiger partial charge in [-0.15, -0.1) is 0 Å². The second-order valence-electron chi connectivity index (χ2n) is 9.40. The van der Waals surface area contributed by atoms with Gasteiger partial charge in [0.2, 0.25) is 0 Å². The Bertz CT molecular complexity index is 1160. The van der Waals surface area contributed by atoms with Crippen molar-refractivity contribution in [2.24, 2.45) is 5.92 Å². The molecule has 3 rings (SSSR count). The van der Waals surface area contributed by atoms with E-state index in [2.05, 4.69) is 0 Å². The number of aliphatic hydroxyl groups is 1. The number of ether oxygens (including phenoxy) is 2. The second kappa shape index (κ2) is 12.0. The number of aliphatic hydroxyl groups excluding tert-OH is 1. The Hall–Kier alpha value is -2.74. The summed E-state index contributed by atoms with van der Waals surface area (Å²) in [7, 11) is 5.28. The Kier molecular flexibility index (Phi) is 9.28. The zero-order valence-electron chi connectivity index (χ0n) is 21.2. The van der Waals surface area contributed by atoms with Gasteiger partial charge >= 0.3 is 0 Å². The maximum Gasteiger partial charge on any atom is 0.295 e. The molecule has 0 saturated carbocycles. The number of benzene rings is 2. The third-order valence-corrected chi connectivity index (χ3v) is 6.27. The largest absolute Gasteiger partial charge is 0.507 e. The number of hydrogen-bond acceptors (Lipinski definition) is 6. The molecule has 1 N–H and O–H groups in total. The summed E-state index contributed by atoms with van der Waals surface area (Å²) in [4.78, 5) is 30.0. The van der Waals surface area contributed by atoms with Crippen LogP contribution in [0.1, 0.15) is 37.4 Å². The third kappa shape index (κ3) is 6.14. The molecular weight excluding hydrogens is 503 g/mol. The van der Waals surface area contributed by atoms with Gasteiger partial charge in [-0.1, -0.05) is 49.2 Å². The van der Waals surface area contributed by atoms with Gasteiger partial charge in [-0.2, -0.15) is 0 Å². The fourth-order valence-corrected chi connectivity index (χ4v) is 4.71. The monoisotopic (exact) mass is 534 g/mol. The van der Waals surface area contributed by atoms with Gasteiger partial charge in [-0.05, 0) is 62.8 Å². The molecule has 0 aliphatic carbocycles. The molecule has 1 unspecified atom stereocenters. The fraction of sp³-hybridized carbons (Fsp3) is 0.407. The molecule has 2 aromatic carbocycles. The summed E-state index contributed by atoms with van der Waals surface area (Å²) in [6, 6.07) is 9.36. The van der Waals surface area contributed by atoms with Gasteiger partial charge < -0.3 is 24.4 Å². The number of carbonyl (C=O) groups is 2. The van der Waals surface area contributed by atoms with E-state index in [0.717, 1.165) is 6.54 Å². The van der Waals surface area contributed by atoms with Gasteiger partial charge in [0.1, 0.15) is 17.3 Å². The van der Waals surface area contributed by atoms with Crippen molar-refractivity contribution in [1.82, 2.24) is 9.80 Å². The van der Waals surface area contributed by atoms with Crippen molar-refractivity contribution >= 4 is 40.7 Å². The summed E-state index contributed by atoms with van der Waals surface area (Å²) in [5.41, 5.74) is 0.731. The lowest BCUT2D eigenvalue weighted by Gasteiger charge is -2.26. The van der Waals surface area contributed by atoms with E-state index in [1.54, 1.807) is 6.07 Å². The first-order valence-corrected chi connectivity index (χ1v) is 12.5. The molecule has 0 radical (unpaired) electrons. The zero-order valence-corrected chi connectivity index (χ0v) is 22.7. The van der Waals surface area contributed by atoms with E-state index in [-0.39, 0.29) is 26.9 Å². The van der Waals surface area contributed by atoms with Gasteiger partial charge in [-0.25, -0.2) is 0 Å². The number of carbonyl (C=O) groups excluding carboxylic acids is 2. The van der Waals surface area contributed by atoms with Crippen LogP contribution in [0.5, 0.6) is 11.5 Å². The topological polar surface area (TPSA) is 79.3 Å². The normalized spacial score (nSPS) is 17.4. The smallest absolute Gasteiger partial charge is 0.295 e. The standard InChI is InChI=1S/C27H32Cl2N2O5/c1-16(2)15-36-19-9-6-8-17(12-19)23-22(25(33)27(34)31(23)11-7-10-30(3)4)24(32)20-13-18(28)14-21(29)26(20)35-5/h6,8-9,12-14,16,23,32H,7,10-11,15H2,1-5H3/b24-22+. The van der Waals surface area contributed by atoms with Crippen molar-refractivity contribution < 1.29 is 24.2 Å². The van der Waals surface area contributed by atoms with Gasteiger partial charge in [0, 0.05) is 11.6 Å². The molecular formula is C27H32Cl2N2O5. The summed E-state index contributed by atoms with van der Waals surface area (Å²) in [5.74, 6) is -0.767. The molecule has 1 heterocycles. The van der Waals surface area contributed by atoms with Crippen LogP contribution in [-0.4, -0.2) is 67.5 Å². The predicted molar refractivity (Wildman–Crippen MR) is 142 cm³/mol. The minimum atomic E-state index is -0.822. The molecule has 0 bridgehead atoms. The van der Waals surface area contributed by atoms with Crippen molar-refractivity contribution in [3.63, 3.8) is 0 Å². The Balaban J connectivity index is 2.17. The summed E-state index contributed by atoms with van der Waals surface area (Å²) < 4.78 is 11.3. The van der Waals surface area contributed by atoms with Crippen LogP contribution in [0.2, 0.25) is 10.0 Å². The average molecular weight is 535 g/mol. The molecule has 7 nitrogen and oxygen atoms in total. The Morgan fingerprint density at radius 2 is 1.89 bits per heavy atom. The van der Waals surface area contributed by atoms with E-state index < -0.39 is 23.5 Å². The number of ketones is 1. The molecule has 0 aromatic heterocycles. The van der Waals surface area contributed by atoms with Crippen LogP contribution in [-0.2, 0) is 9.59 Å². The maximum absolute atomic E-state index is 13.3. The van der Waals surface area contributed by atoms with E-state index in [4.69, 9.17) is 32.7 Å². The maximum atomic E-state index is 13.3. The Morgan fingerprint density at radius 1 is 1.17 bits per heavy atom. The lowest BCUT2D eigenvalue weighted by Crippen LogP contribution is -2.32. The van der Waals surface area contributed by atoms with Crippen molar-refractivity contribution in [3.8, 4) is 11.5 Å². The number of Topliss-reactive ketones (excluding diaryl/α,β-unsaturated/α-hetero) is 1. The first-order valence-electron chi connectivity index (χ1n) is 11.7. The number of nitrogens with zero attached hydrogens (tertiary/aromatic N) is 2. The van der Waals surface area contributed by atoms with Crippen molar-refractivity contribution in [2.45, 2.75) is 26.3 Å². The number of likely N-dealkylation sites (tertiary alicyclic amines) is 1. The summed E-state index contributed by atoms with van der Waals surface area (Å²) in [6.07, 6.45) is 0.645. The van der Waals surface area contributed by atoms with Gasteiger partial charge in [-0.3, -0.25) is 9.59 Å². The van der Waals surface area contributed by atoms with E-state index in [9.17, 15) is 14.7 Å². The SMILES string of the molecule is COc1c(Cl)cc(Cl)cc1/C(O)=C1\C(=O)C(=O)N(CCCN(C)C)C1c1cccc(OCC(C)C)c1. The number of methoxy groups -OCH3 is 1. The molecule has 1 aliphatic rings. The quantitative estimate of drug-likeness (QED) is 0.249. The number of amides is 1. The molecule has 1 saturated heterocycles. The fourth-order valence-electron chi connectivity index (χ4n) is 4.14. The van der Waals surface area contributed by atoms with E-state index in [1.165, 1.54) is 24.1 Å². The molecule has 194 valence electrons. The molecule has 1 fully saturated rings. The minimum absolute atomic E-state index is 0.0532. The summed E-state index contributed by atoms with van der Waals surface area (Å²) in [6.45, 7) is 5.67. The van der Waals surface area contributed by atoms with Crippen molar-refractivity contribution in [3.05, 3.63) is 63.1 Å². The number of rotatable bonds is 10.